The van der Waals surface area contributed by atoms with Crippen LogP contribution in [0.4, 0.5) is 0 Å². The van der Waals surface area contributed by atoms with E-state index in [4.69, 9.17) is 9.47 Å². The van der Waals surface area contributed by atoms with E-state index in [0.717, 1.165) is 18.4 Å². The van der Waals surface area contributed by atoms with Crippen molar-refractivity contribution >= 4 is 0 Å². The molecule has 2 nitrogen and oxygen atoms in total. The zero-order valence-corrected chi connectivity index (χ0v) is 12.1. The van der Waals surface area contributed by atoms with Crippen LogP contribution in [0.5, 0.6) is 0 Å². The molecule has 108 valence electrons. The quantitative estimate of drug-likeness (QED) is 0.701. The third-order valence-corrected chi connectivity index (χ3v) is 6.23. The third-order valence-electron chi connectivity index (χ3n) is 6.23. The van der Waals surface area contributed by atoms with Gasteiger partial charge in [0.15, 0.2) is 0 Å². The maximum atomic E-state index is 6.15. The van der Waals surface area contributed by atoms with Gasteiger partial charge in [0.2, 0.25) is 0 Å². The van der Waals surface area contributed by atoms with Gasteiger partial charge in [-0.3, -0.25) is 0 Å². The summed E-state index contributed by atoms with van der Waals surface area (Å²) in [6.45, 7) is 1.02. The summed E-state index contributed by atoms with van der Waals surface area (Å²) in [5, 5.41) is 0. The Morgan fingerprint density at radius 3 is 2.47 bits per heavy atom. The molecule has 1 spiro atoms. The Morgan fingerprint density at radius 1 is 0.842 bits per heavy atom. The van der Waals surface area contributed by atoms with E-state index >= 15 is 0 Å². The van der Waals surface area contributed by atoms with Gasteiger partial charge in [-0.15, -0.1) is 0 Å². The fraction of sp³-hybridized carbons (Fsp3) is 1.00. The normalized spacial score (nSPS) is 49.9. The van der Waals surface area contributed by atoms with Crippen LogP contribution >= 0.6 is 0 Å². The molecule has 0 aromatic carbocycles. The molecule has 4 rings (SSSR count). The van der Waals surface area contributed by atoms with Crippen molar-refractivity contribution in [3.63, 3.8) is 0 Å². The summed E-state index contributed by atoms with van der Waals surface area (Å²) in [6.07, 6.45) is 16.5. The summed E-state index contributed by atoms with van der Waals surface area (Å²) in [4.78, 5) is 0. The van der Waals surface area contributed by atoms with Crippen molar-refractivity contribution in [3.8, 4) is 0 Å². The smallest absolute Gasteiger partial charge is 0.0844 e. The number of rotatable bonds is 2. The topological polar surface area (TPSA) is 21.8 Å². The van der Waals surface area contributed by atoms with Crippen LogP contribution in [0, 0.1) is 11.8 Å². The zero-order chi connectivity index (χ0) is 12.7. The summed E-state index contributed by atoms with van der Waals surface area (Å²) in [5.74, 6) is 1.95. The fourth-order valence-electron chi connectivity index (χ4n) is 4.92. The first-order valence-corrected chi connectivity index (χ1v) is 8.62. The lowest BCUT2D eigenvalue weighted by Gasteiger charge is -2.43. The average Bonchev–Trinajstić information content (AvgIpc) is 3.21. The molecule has 3 atom stereocenters. The van der Waals surface area contributed by atoms with Crippen molar-refractivity contribution in [1.82, 2.24) is 0 Å². The first-order valence-electron chi connectivity index (χ1n) is 8.62. The van der Waals surface area contributed by atoms with Gasteiger partial charge in [-0.05, 0) is 82.5 Å². The van der Waals surface area contributed by atoms with Gasteiger partial charge in [-0.25, -0.2) is 0 Å². The van der Waals surface area contributed by atoms with Crippen molar-refractivity contribution < 1.29 is 9.47 Å². The molecule has 4 fully saturated rings. The van der Waals surface area contributed by atoms with Gasteiger partial charge in [0.25, 0.3) is 0 Å². The molecular formula is C17H28O2. The third kappa shape index (κ3) is 2.71. The van der Waals surface area contributed by atoms with Crippen molar-refractivity contribution in [3.05, 3.63) is 0 Å². The van der Waals surface area contributed by atoms with Gasteiger partial charge in [0, 0.05) is 6.61 Å². The predicted molar refractivity (Wildman–Crippen MR) is 75.1 cm³/mol. The maximum absolute atomic E-state index is 6.15. The minimum absolute atomic E-state index is 0.312. The zero-order valence-electron chi connectivity index (χ0n) is 12.1. The summed E-state index contributed by atoms with van der Waals surface area (Å²) in [7, 11) is 0. The van der Waals surface area contributed by atoms with Crippen LogP contribution < -0.4 is 0 Å². The van der Waals surface area contributed by atoms with Crippen LogP contribution in [0.2, 0.25) is 0 Å². The van der Waals surface area contributed by atoms with E-state index < -0.39 is 0 Å². The second-order valence-electron chi connectivity index (χ2n) is 7.56. The van der Waals surface area contributed by atoms with E-state index in [0.29, 0.717) is 17.8 Å². The Bertz CT molecular complexity index is 311. The predicted octanol–water partition coefficient (Wildman–Crippen LogP) is 4.07. The molecule has 2 saturated carbocycles. The summed E-state index contributed by atoms with van der Waals surface area (Å²) in [5.41, 5.74) is 0.312. The van der Waals surface area contributed by atoms with E-state index in [1.54, 1.807) is 0 Å². The second-order valence-corrected chi connectivity index (χ2v) is 7.56. The van der Waals surface area contributed by atoms with E-state index in [1.807, 2.05) is 0 Å². The number of hydrogen-bond donors (Lipinski definition) is 0. The number of epoxide rings is 1. The Balaban J connectivity index is 1.26. The van der Waals surface area contributed by atoms with Crippen LogP contribution in [0.15, 0.2) is 0 Å². The monoisotopic (exact) mass is 264 g/mol. The molecule has 0 aromatic rings. The van der Waals surface area contributed by atoms with Crippen LogP contribution in [-0.4, -0.2) is 24.4 Å². The van der Waals surface area contributed by atoms with Gasteiger partial charge in [-0.1, -0.05) is 0 Å². The van der Waals surface area contributed by atoms with E-state index in [1.165, 1.54) is 70.6 Å². The highest BCUT2D eigenvalue weighted by molar-refractivity contribution is 4.94. The molecule has 0 amide bonds. The molecule has 2 saturated heterocycles. The summed E-state index contributed by atoms with van der Waals surface area (Å²) in [6, 6.07) is 0. The standard InChI is InChI=1S/C17H28O2/c1-2-10-18-17(7-1)8-5-13(6-9-17)11-14-3-4-15-16(12-14)19-15/h13-16H,1-12H2. The Morgan fingerprint density at radius 2 is 1.74 bits per heavy atom. The van der Waals surface area contributed by atoms with Gasteiger partial charge in [0.05, 0.1) is 17.8 Å². The molecule has 2 heteroatoms. The molecule has 0 N–H and O–H groups in total. The van der Waals surface area contributed by atoms with Crippen molar-refractivity contribution in [2.75, 3.05) is 6.61 Å². The van der Waals surface area contributed by atoms with E-state index in [9.17, 15) is 0 Å². The average molecular weight is 264 g/mol. The van der Waals surface area contributed by atoms with Crippen LogP contribution in [-0.2, 0) is 9.47 Å². The molecule has 4 aliphatic rings. The molecule has 0 radical (unpaired) electrons. The highest BCUT2D eigenvalue weighted by Gasteiger charge is 2.44. The SMILES string of the molecule is C1CCC2(CCC(CC3CCC4OC4C3)CC2)OC1. The molecular weight excluding hydrogens is 236 g/mol. The van der Waals surface area contributed by atoms with Crippen LogP contribution in [0.1, 0.15) is 70.6 Å². The Hall–Kier alpha value is -0.0800. The lowest BCUT2D eigenvalue weighted by atomic mass is 9.71. The van der Waals surface area contributed by atoms with Crippen molar-refractivity contribution in [2.24, 2.45) is 11.8 Å². The highest BCUT2D eigenvalue weighted by atomic mass is 16.6. The van der Waals surface area contributed by atoms with Crippen molar-refractivity contribution in [1.29, 1.82) is 0 Å². The van der Waals surface area contributed by atoms with Crippen LogP contribution in [0.3, 0.4) is 0 Å². The molecule has 2 aliphatic heterocycles. The lowest BCUT2D eigenvalue weighted by molar-refractivity contribution is -0.107. The second kappa shape index (κ2) is 5.04. The number of ether oxygens (including phenoxy) is 2. The minimum Gasteiger partial charge on any atom is -0.375 e. The highest BCUT2D eigenvalue weighted by Crippen LogP contribution is 2.46. The van der Waals surface area contributed by atoms with Crippen molar-refractivity contribution in [2.45, 2.75) is 88.4 Å². The summed E-state index contributed by atoms with van der Waals surface area (Å²) >= 11 is 0. The maximum Gasteiger partial charge on any atom is 0.0844 e. The minimum atomic E-state index is 0.312. The fourth-order valence-corrected chi connectivity index (χ4v) is 4.92. The van der Waals surface area contributed by atoms with E-state index in [-0.39, 0.29) is 0 Å². The molecule has 2 heterocycles. The van der Waals surface area contributed by atoms with Gasteiger partial charge in [0.1, 0.15) is 0 Å². The van der Waals surface area contributed by atoms with Gasteiger partial charge >= 0.3 is 0 Å². The largest absolute Gasteiger partial charge is 0.375 e. The van der Waals surface area contributed by atoms with Gasteiger partial charge < -0.3 is 9.47 Å². The Kier molecular flexibility index (Phi) is 3.35. The lowest BCUT2D eigenvalue weighted by Crippen LogP contribution is -2.40. The first kappa shape index (κ1) is 12.6. The van der Waals surface area contributed by atoms with E-state index in [2.05, 4.69) is 0 Å². The Labute approximate surface area is 117 Å². The van der Waals surface area contributed by atoms with Gasteiger partial charge in [-0.2, -0.15) is 0 Å². The van der Waals surface area contributed by atoms with Crippen LogP contribution in [0.25, 0.3) is 0 Å². The molecule has 3 unspecified atom stereocenters. The molecule has 0 bridgehead atoms. The number of hydrogen-bond acceptors (Lipinski definition) is 2. The summed E-state index contributed by atoms with van der Waals surface area (Å²) < 4.78 is 11.8. The molecule has 0 aromatic heterocycles. The number of fused-ring (bicyclic) bond motifs is 1. The first-order chi connectivity index (χ1) is 9.33. The molecule has 2 aliphatic carbocycles. The molecule has 19 heavy (non-hydrogen) atoms.